The van der Waals surface area contributed by atoms with Crippen LogP contribution in [-0.2, 0) is 12.7 Å². The summed E-state index contributed by atoms with van der Waals surface area (Å²) in [5.74, 6) is -0.0535. The Hall–Kier alpha value is -1.40. The highest BCUT2D eigenvalue weighted by Gasteiger charge is 2.34. The molecular formula is C11H10Cl2F3N3. The largest absolute Gasteiger partial charge is 0.435 e. The van der Waals surface area contributed by atoms with Crippen molar-refractivity contribution >= 4 is 29.8 Å². The number of halogens is 5. The van der Waals surface area contributed by atoms with Gasteiger partial charge >= 0.3 is 6.18 Å². The second kappa shape index (κ2) is 5.71. The lowest BCUT2D eigenvalue weighted by Crippen LogP contribution is -2.09. The van der Waals surface area contributed by atoms with E-state index in [1.807, 2.05) is 0 Å². The lowest BCUT2D eigenvalue weighted by Gasteiger charge is -2.06. The lowest BCUT2D eigenvalue weighted by molar-refractivity contribution is -0.141. The van der Waals surface area contributed by atoms with E-state index in [1.165, 1.54) is 0 Å². The Labute approximate surface area is 118 Å². The van der Waals surface area contributed by atoms with Crippen molar-refractivity contribution in [2.45, 2.75) is 12.7 Å². The number of rotatable bonds is 2. The van der Waals surface area contributed by atoms with E-state index >= 15 is 0 Å². The number of benzene rings is 1. The number of nitrogens with zero attached hydrogens (tertiary/aromatic N) is 2. The smallest absolute Gasteiger partial charge is 0.384 e. The fourth-order valence-corrected chi connectivity index (χ4v) is 1.68. The molecule has 0 saturated carbocycles. The monoisotopic (exact) mass is 311 g/mol. The zero-order valence-electron chi connectivity index (χ0n) is 9.49. The fraction of sp³-hybridized carbons (Fsp3) is 0.182. The minimum atomic E-state index is -4.50. The van der Waals surface area contributed by atoms with Gasteiger partial charge in [-0.15, -0.1) is 12.4 Å². The molecule has 0 saturated heterocycles. The first-order valence-corrected chi connectivity index (χ1v) is 5.39. The van der Waals surface area contributed by atoms with E-state index in [0.29, 0.717) is 10.6 Å². The van der Waals surface area contributed by atoms with E-state index < -0.39 is 11.9 Å². The van der Waals surface area contributed by atoms with Gasteiger partial charge in [0.05, 0.1) is 6.54 Å². The molecule has 104 valence electrons. The molecule has 3 nitrogen and oxygen atoms in total. The first-order chi connectivity index (χ1) is 8.38. The van der Waals surface area contributed by atoms with Gasteiger partial charge in [-0.1, -0.05) is 29.8 Å². The molecule has 8 heteroatoms. The van der Waals surface area contributed by atoms with Gasteiger partial charge in [0.15, 0.2) is 5.69 Å². The highest BCUT2D eigenvalue weighted by Crippen LogP contribution is 2.29. The van der Waals surface area contributed by atoms with E-state index in [-0.39, 0.29) is 24.8 Å². The molecule has 0 bridgehead atoms. The van der Waals surface area contributed by atoms with Crippen LogP contribution in [0, 0.1) is 0 Å². The van der Waals surface area contributed by atoms with Crippen molar-refractivity contribution in [3.05, 3.63) is 46.6 Å². The third kappa shape index (κ3) is 3.54. The van der Waals surface area contributed by atoms with Gasteiger partial charge in [0.25, 0.3) is 0 Å². The molecule has 0 radical (unpaired) electrons. The quantitative estimate of drug-likeness (QED) is 0.920. The van der Waals surface area contributed by atoms with Crippen molar-refractivity contribution in [2.75, 3.05) is 5.73 Å². The fourth-order valence-electron chi connectivity index (χ4n) is 1.48. The average Bonchev–Trinajstić information content (AvgIpc) is 2.63. The number of nitrogens with two attached hydrogens (primary N) is 1. The summed E-state index contributed by atoms with van der Waals surface area (Å²) in [6.45, 7) is 0.0988. The molecule has 0 fully saturated rings. The van der Waals surface area contributed by atoms with Gasteiger partial charge < -0.3 is 5.73 Å². The van der Waals surface area contributed by atoms with E-state index in [4.69, 9.17) is 17.3 Å². The highest BCUT2D eigenvalue weighted by atomic mass is 35.5. The molecule has 2 N–H and O–H groups in total. The Bertz CT molecular complexity index is 567. The van der Waals surface area contributed by atoms with Gasteiger partial charge in [0.2, 0.25) is 0 Å². The summed E-state index contributed by atoms with van der Waals surface area (Å²) in [4.78, 5) is 0. The molecule has 0 unspecified atom stereocenters. The Balaban J connectivity index is 0.00000180. The second-order valence-corrected chi connectivity index (χ2v) is 4.11. The summed E-state index contributed by atoms with van der Waals surface area (Å²) in [6.07, 6.45) is -4.50. The van der Waals surface area contributed by atoms with Crippen LogP contribution in [0.25, 0.3) is 0 Å². The number of hydrogen-bond donors (Lipinski definition) is 1. The molecule has 0 aliphatic rings. The molecule has 0 spiro atoms. The molecule has 0 aliphatic carbocycles. The minimum absolute atomic E-state index is 0. The van der Waals surface area contributed by atoms with Crippen LogP contribution in [0.3, 0.4) is 0 Å². The molecule has 0 aliphatic heterocycles. The molecule has 1 aromatic heterocycles. The SMILES string of the molecule is Cl.Nc1cc(C(F)(F)F)nn1Cc1ccccc1Cl. The van der Waals surface area contributed by atoms with Crippen LogP contribution in [0.2, 0.25) is 5.02 Å². The molecule has 1 heterocycles. The van der Waals surface area contributed by atoms with Crippen LogP contribution in [0.5, 0.6) is 0 Å². The summed E-state index contributed by atoms with van der Waals surface area (Å²) in [5.41, 5.74) is 5.14. The Morgan fingerprint density at radius 2 is 1.89 bits per heavy atom. The summed E-state index contributed by atoms with van der Waals surface area (Å²) in [7, 11) is 0. The first-order valence-electron chi connectivity index (χ1n) is 5.02. The van der Waals surface area contributed by atoms with Crippen LogP contribution < -0.4 is 5.73 Å². The topological polar surface area (TPSA) is 43.8 Å². The van der Waals surface area contributed by atoms with Gasteiger partial charge in [-0.05, 0) is 11.6 Å². The van der Waals surface area contributed by atoms with Gasteiger partial charge in [-0.25, -0.2) is 4.68 Å². The Morgan fingerprint density at radius 3 is 2.42 bits per heavy atom. The molecule has 0 amide bonds. The zero-order valence-corrected chi connectivity index (χ0v) is 11.1. The van der Waals surface area contributed by atoms with Crippen molar-refractivity contribution in [1.29, 1.82) is 0 Å². The summed E-state index contributed by atoms with van der Waals surface area (Å²) < 4.78 is 38.4. The van der Waals surface area contributed by atoms with E-state index in [9.17, 15) is 13.2 Å². The van der Waals surface area contributed by atoms with Crippen molar-refractivity contribution in [3.8, 4) is 0 Å². The molecule has 19 heavy (non-hydrogen) atoms. The minimum Gasteiger partial charge on any atom is -0.384 e. The molecule has 2 rings (SSSR count). The number of anilines is 1. The number of nitrogen functional groups attached to an aromatic ring is 1. The van der Waals surface area contributed by atoms with Gasteiger partial charge in [-0.2, -0.15) is 18.3 Å². The van der Waals surface area contributed by atoms with Gasteiger partial charge in [-0.3, -0.25) is 0 Å². The van der Waals surface area contributed by atoms with Crippen LogP contribution in [0.1, 0.15) is 11.3 Å². The van der Waals surface area contributed by atoms with E-state index in [0.717, 1.165) is 10.7 Å². The summed E-state index contributed by atoms with van der Waals surface area (Å²) in [6, 6.07) is 7.64. The normalized spacial score (nSPS) is 11.2. The van der Waals surface area contributed by atoms with Gasteiger partial charge in [0.1, 0.15) is 5.82 Å². The highest BCUT2D eigenvalue weighted by molar-refractivity contribution is 6.31. The van der Waals surface area contributed by atoms with Crippen molar-refractivity contribution < 1.29 is 13.2 Å². The predicted octanol–water partition coefficient (Wildman–Crippen LogP) is 3.61. The van der Waals surface area contributed by atoms with Crippen LogP contribution in [0.4, 0.5) is 19.0 Å². The summed E-state index contributed by atoms with van der Waals surface area (Å²) >= 11 is 5.92. The maximum Gasteiger partial charge on any atom is 0.435 e. The molecular weight excluding hydrogens is 302 g/mol. The number of alkyl halides is 3. The Morgan fingerprint density at radius 1 is 1.26 bits per heavy atom. The number of hydrogen-bond acceptors (Lipinski definition) is 2. The third-order valence-corrected chi connectivity index (χ3v) is 2.75. The molecule has 0 atom stereocenters. The number of aromatic nitrogens is 2. The van der Waals surface area contributed by atoms with Crippen LogP contribution in [0.15, 0.2) is 30.3 Å². The lowest BCUT2D eigenvalue weighted by atomic mass is 10.2. The molecule has 1 aromatic carbocycles. The zero-order chi connectivity index (χ0) is 13.3. The maximum atomic E-state index is 12.4. The third-order valence-electron chi connectivity index (χ3n) is 2.38. The van der Waals surface area contributed by atoms with Crippen molar-refractivity contribution in [3.63, 3.8) is 0 Å². The van der Waals surface area contributed by atoms with Crippen molar-refractivity contribution in [2.24, 2.45) is 0 Å². The summed E-state index contributed by atoms with van der Waals surface area (Å²) in [5, 5.41) is 3.88. The van der Waals surface area contributed by atoms with Gasteiger partial charge in [0, 0.05) is 11.1 Å². The van der Waals surface area contributed by atoms with Crippen molar-refractivity contribution in [1.82, 2.24) is 9.78 Å². The molecule has 2 aromatic rings. The van der Waals surface area contributed by atoms with Crippen LogP contribution in [-0.4, -0.2) is 9.78 Å². The van der Waals surface area contributed by atoms with Crippen LogP contribution >= 0.6 is 24.0 Å². The van der Waals surface area contributed by atoms with E-state index in [1.54, 1.807) is 24.3 Å². The standard InChI is InChI=1S/C11H9ClF3N3.ClH/c12-8-4-2-1-3-7(8)6-18-10(16)5-9(17-18)11(13,14)15;/h1-5H,6,16H2;1H. The first kappa shape index (κ1) is 15.7. The Kier molecular flexibility index (Phi) is 4.70. The maximum absolute atomic E-state index is 12.4. The van der Waals surface area contributed by atoms with E-state index in [2.05, 4.69) is 5.10 Å². The average molecular weight is 312 g/mol. The predicted molar refractivity (Wildman–Crippen MR) is 69.4 cm³/mol. The second-order valence-electron chi connectivity index (χ2n) is 3.70.